The van der Waals surface area contributed by atoms with Crippen molar-refractivity contribution < 1.29 is 14.3 Å². The Kier molecular flexibility index (Phi) is 4.93. The van der Waals surface area contributed by atoms with E-state index in [2.05, 4.69) is 20.6 Å². The van der Waals surface area contributed by atoms with E-state index >= 15 is 0 Å². The number of amides is 1. The normalized spacial score (nSPS) is 31.2. The van der Waals surface area contributed by atoms with Crippen molar-refractivity contribution in [2.45, 2.75) is 57.4 Å². The van der Waals surface area contributed by atoms with Gasteiger partial charge in [0, 0.05) is 12.1 Å². The number of carbonyl (C=O) groups excluding carboxylic acids is 1. The summed E-state index contributed by atoms with van der Waals surface area (Å²) < 4.78 is 13.9. The molecule has 5 fully saturated rings. The fourth-order valence-corrected chi connectivity index (χ4v) is 8.41. The molecular formula is C28H33N7O3. The number of carbonyl (C=O) groups is 1. The van der Waals surface area contributed by atoms with E-state index in [1.165, 1.54) is 25.6 Å². The Hall–Kier alpha value is -3.40. The second-order valence-electron chi connectivity index (χ2n) is 12.1. The highest BCUT2D eigenvalue weighted by molar-refractivity contribution is 6.02. The number of nitrogen functional groups attached to an aromatic ring is 1. The molecular weight excluding hydrogens is 482 g/mol. The lowest BCUT2D eigenvalue weighted by atomic mass is 9.49. The van der Waals surface area contributed by atoms with Gasteiger partial charge in [0.15, 0.2) is 17.1 Å². The van der Waals surface area contributed by atoms with E-state index in [9.17, 15) is 4.79 Å². The van der Waals surface area contributed by atoms with Crippen molar-refractivity contribution in [1.29, 1.82) is 0 Å². The quantitative estimate of drug-likeness (QED) is 0.477. The summed E-state index contributed by atoms with van der Waals surface area (Å²) in [6.45, 7) is 1.92. The molecule has 4 saturated carbocycles. The van der Waals surface area contributed by atoms with E-state index in [4.69, 9.17) is 20.3 Å². The van der Waals surface area contributed by atoms with Crippen molar-refractivity contribution in [2.24, 2.45) is 23.2 Å². The average molecular weight is 516 g/mol. The zero-order valence-corrected chi connectivity index (χ0v) is 21.4. The topological polar surface area (TPSA) is 129 Å². The molecule has 1 atom stereocenters. The van der Waals surface area contributed by atoms with Gasteiger partial charge < -0.3 is 25.8 Å². The Bertz CT molecular complexity index is 1410. The maximum Gasteiger partial charge on any atom is 0.231 e. The number of benzene rings is 1. The third kappa shape index (κ3) is 3.35. The van der Waals surface area contributed by atoms with Gasteiger partial charge in [-0.2, -0.15) is 5.10 Å². The second-order valence-corrected chi connectivity index (χ2v) is 12.1. The molecule has 9 rings (SSSR count). The van der Waals surface area contributed by atoms with E-state index in [-0.39, 0.29) is 24.2 Å². The predicted molar refractivity (Wildman–Crippen MR) is 142 cm³/mol. The van der Waals surface area contributed by atoms with Crippen LogP contribution >= 0.6 is 0 Å². The summed E-state index contributed by atoms with van der Waals surface area (Å²) in [7, 11) is 0. The Morgan fingerprint density at radius 2 is 1.84 bits per heavy atom. The molecule has 3 aromatic rings. The standard InChI is InChI=1S/C28H33N7O3/c29-25-21-22(34-35(26(21)32-13-31-25)18-2-1-5-30-12-18)19-3-4-20(24-23(19)37-14-38-24)33-27(36)28-9-15-6-16(10-28)8-17(7-15)11-28/h3-4,13,15-18,30H,1-2,5-12,14H2,(H,33,36)(H2,29,31,32)/t15?,16?,17?,18-,28?/m1/s1. The summed E-state index contributed by atoms with van der Waals surface area (Å²) in [5, 5.41) is 12.4. The summed E-state index contributed by atoms with van der Waals surface area (Å²) in [4.78, 5) is 22.6. The first kappa shape index (κ1) is 22.6. The van der Waals surface area contributed by atoms with Gasteiger partial charge in [-0.1, -0.05) is 0 Å². The van der Waals surface area contributed by atoms with Gasteiger partial charge in [-0.05, 0) is 87.8 Å². The van der Waals surface area contributed by atoms with E-state index in [0.717, 1.165) is 50.8 Å². The van der Waals surface area contributed by atoms with Crippen LogP contribution in [0.2, 0.25) is 0 Å². The van der Waals surface area contributed by atoms with Gasteiger partial charge >= 0.3 is 0 Å². The van der Waals surface area contributed by atoms with Crippen LogP contribution in [0.1, 0.15) is 57.4 Å². The smallest absolute Gasteiger partial charge is 0.231 e. The molecule has 198 valence electrons. The van der Waals surface area contributed by atoms with Crippen molar-refractivity contribution in [3.05, 3.63) is 18.5 Å². The first-order chi connectivity index (χ1) is 18.6. The van der Waals surface area contributed by atoms with Gasteiger partial charge in [0.05, 0.1) is 22.5 Å². The molecule has 1 amide bonds. The largest absolute Gasteiger partial charge is 0.453 e. The minimum absolute atomic E-state index is 0.0871. The SMILES string of the molecule is Nc1ncnc2c1c(-c1ccc(NC(=O)C34CC5CC(CC(C5)C3)C4)c3c1OCO3)nn2[C@@H]1CCCNC1. The Labute approximate surface area is 220 Å². The van der Waals surface area contributed by atoms with Crippen molar-refractivity contribution in [3.63, 3.8) is 0 Å². The van der Waals surface area contributed by atoms with Crippen LogP contribution in [0.3, 0.4) is 0 Å². The van der Waals surface area contributed by atoms with E-state index in [1.807, 2.05) is 16.8 Å². The molecule has 1 saturated heterocycles. The van der Waals surface area contributed by atoms with Crippen molar-refractivity contribution in [3.8, 4) is 22.8 Å². The minimum atomic E-state index is -0.242. The number of hydrogen-bond acceptors (Lipinski definition) is 8. The van der Waals surface area contributed by atoms with Gasteiger partial charge in [0.1, 0.15) is 17.8 Å². The monoisotopic (exact) mass is 515 g/mol. The highest BCUT2D eigenvalue weighted by atomic mass is 16.7. The average Bonchev–Trinajstić information content (AvgIpc) is 3.55. The molecule has 10 heteroatoms. The number of nitrogens with two attached hydrogens (primary N) is 1. The van der Waals surface area contributed by atoms with E-state index in [1.54, 1.807) is 0 Å². The number of ether oxygens (including phenoxy) is 2. The Morgan fingerprint density at radius 3 is 2.58 bits per heavy atom. The highest BCUT2D eigenvalue weighted by Gasteiger charge is 2.54. The third-order valence-electron chi connectivity index (χ3n) is 9.68. The Balaban J connectivity index is 1.17. The summed E-state index contributed by atoms with van der Waals surface area (Å²) in [6.07, 6.45) is 10.5. The molecule has 4 N–H and O–H groups in total. The zero-order valence-electron chi connectivity index (χ0n) is 21.4. The molecule has 4 aliphatic carbocycles. The highest BCUT2D eigenvalue weighted by Crippen LogP contribution is 2.60. The van der Waals surface area contributed by atoms with Crippen LogP contribution in [0.4, 0.5) is 11.5 Å². The van der Waals surface area contributed by atoms with Crippen LogP contribution in [-0.4, -0.2) is 45.5 Å². The lowest BCUT2D eigenvalue weighted by Crippen LogP contribution is -2.51. The first-order valence-corrected chi connectivity index (χ1v) is 14.0. The molecule has 0 unspecified atom stereocenters. The van der Waals surface area contributed by atoms with Gasteiger partial charge in [0.2, 0.25) is 12.7 Å². The third-order valence-corrected chi connectivity index (χ3v) is 9.68. The fraction of sp³-hybridized carbons (Fsp3) is 0.571. The molecule has 1 aromatic carbocycles. The summed E-state index contributed by atoms with van der Waals surface area (Å²) >= 11 is 0. The maximum atomic E-state index is 13.8. The molecule has 6 aliphatic rings. The number of nitrogens with zero attached hydrogens (tertiary/aromatic N) is 4. The number of anilines is 2. The first-order valence-electron chi connectivity index (χ1n) is 14.0. The van der Waals surface area contributed by atoms with Crippen LogP contribution < -0.4 is 25.8 Å². The number of hydrogen-bond donors (Lipinski definition) is 3. The number of nitrogens with one attached hydrogen (secondary N) is 2. The predicted octanol–water partition coefficient (Wildman–Crippen LogP) is 3.88. The molecule has 4 heterocycles. The molecule has 0 spiro atoms. The minimum Gasteiger partial charge on any atom is -0.453 e. The van der Waals surface area contributed by atoms with Crippen LogP contribution in [-0.2, 0) is 4.79 Å². The van der Waals surface area contributed by atoms with E-state index in [0.29, 0.717) is 57.5 Å². The number of fused-ring (bicyclic) bond motifs is 2. The molecule has 2 aromatic heterocycles. The summed E-state index contributed by atoms with van der Waals surface area (Å²) in [5.74, 6) is 3.76. The van der Waals surface area contributed by atoms with Crippen molar-refractivity contribution >= 4 is 28.4 Å². The molecule has 2 aliphatic heterocycles. The lowest BCUT2D eigenvalue weighted by Gasteiger charge is -2.55. The molecule has 0 radical (unpaired) electrons. The van der Waals surface area contributed by atoms with Gasteiger partial charge in [-0.15, -0.1) is 0 Å². The summed E-state index contributed by atoms with van der Waals surface area (Å²) in [5.41, 5.74) is 8.94. The van der Waals surface area contributed by atoms with E-state index < -0.39 is 0 Å². The summed E-state index contributed by atoms with van der Waals surface area (Å²) in [6, 6.07) is 4.03. The fourth-order valence-electron chi connectivity index (χ4n) is 8.41. The number of piperidine rings is 1. The molecule has 4 bridgehead atoms. The second kappa shape index (κ2) is 8.30. The lowest BCUT2D eigenvalue weighted by molar-refractivity contribution is -0.140. The zero-order chi connectivity index (χ0) is 25.4. The van der Waals surface area contributed by atoms with Gasteiger partial charge in [-0.3, -0.25) is 4.79 Å². The van der Waals surface area contributed by atoms with Crippen molar-refractivity contribution in [2.75, 3.05) is 30.9 Å². The molecule has 38 heavy (non-hydrogen) atoms. The van der Waals surface area contributed by atoms with Gasteiger partial charge in [0.25, 0.3) is 0 Å². The Morgan fingerprint density at radius 1 is 1.08 bits per heavy atom. The van der Waals surface area contributed by atoms with Crippen LogP contribution in [0.5, 0.6) is 11.5 Å². The maximum absolute atomic E-state index is 13.8. The number of aromatic nitrogens is 4. The number of rotatable bonds is 4. The van der Waals surface area contributed by atoms with Crippen LogP contribution in [0, 0.1) is 23.2 Å². The van der Waals surface area contributed by atoms with Crippen LogP contribution in [0.25, 0.3) is 22.3 Å². The molecule has 10 nitrogen and oxygen atoms in total. The van der Waals surface area contributed by atoms with Crippen molar-refractivity contribution in [1.82, 2.24) is 25.1 Å². The van der Waals surface area contributed by atoms with Gasteiger partial charge in [-0.25, -0.2) is 14.6 Å². The van der Waals surface area contributed by atoms with Crippen LogP contribution in [0.15, 0.2) is 18.5 Å².